The van der Waals surface area contributed by atoms with Crippen LogP contribution >= 0.6 is 11.6 Å². The molecule has 0 saturated carbocycles. The molecule has 0 heterocycles. The van der Waals surface area contributed by atoms with E-state index in [-0.39, 0.29) is 11.9 Å². The fourth-order valence-corrected chi connectivity index (χ4v) is 3.84. The highest BCUT2D eigenvalue weighted by atomic mass is 35.5. The largest absolute Gasteiger partial charge is 0.350 e. The van der Waals surface area contributed by atoms with Crippen molar-refractivity contribution in [3.8, 4) is 0 Å². The van der Waals surface area contributed by atoms with Crippen LogP contribution in [0.3, 0.4) is 0 Å². The summed E-state index contributed by atoms with van der Waals surface area (Å²) in [6.07, 6.45) is 1.79. The van der Waals surface area contributed by atoms with Crippen LogP contribution in [0.2, 0.25) is 5.02 Å². The van der Waals surface area contributed by atoms with Crippen LogP contribution in [0.5, 0.6) is 0 Å². The molecule has 9 heteroatoms. The molecule has 2 N–H and O–H groups in total. The fraction of sp³-hybridized carbons (Fsp3) is 0.333. The van der Waals surface area contributed by atoms with Crippen LogP contribution in [0.4, 0.5) is 11.4 Å². The number of para-hydroxylation sites is 1. The number of carbonyl (C=O) groups is 2. The monoisotopic (exact) mass is 451 g/mol. The minimum absolute atomic E-state index is 0.0206. The maximum Gasteiger partial charge on any atom is 0.253 e. The van der Waals surface area contributed by atoms with E-state index in [1.807, 2.05) is 13.8 Å². The van der Waals surface area contributed by atoms with E-state index in [0.29, 0.717) is 27.5 Å². The van der Waals surface area contributed by atoms with E-state index in [2.05, 4.69) is 10.6 Å². The van der Waals surface area contributed by atoms with Gasteiger partial charge in [-0.2, -0.15) is 0 Å². The number of nitrogens with one attached hydrogen (secondary N) is 2. The van der Waals surface area contributed by atoms with E-state index >= 15 is 0 Å². The summed E-state index contributed by atoms with van der Waals surface area (Å²) >= 11 is 6.12. The van der Waals surface area contributed by atoms with Crippen molar-refractivity contribution in [2.75, 3.05) is 22.4 Å². The SMILES string of the molecule is CC[C@@H](C)NC(=O)c1ccccc1NC(=O)CN(c1cccc(Cl)c1C)S(C)(=O)=O. The lowest BCUT2D eigenvalue weighted by atomic mass is 10.1. The van der Waals surface area contributed by atoms with Gasteiger partial charge in [0.05, 0.1) is 23.2 Å². The summed E-state index contributed by atoms with van der Waals surface area (Å²) in [5.41, 5.74) is 1.48. The molecule has 0 bridgehead atoms. The van der Waals surface area contributed by atoms with Crippen molar-refractivity contribution in [2.45, 2.75) is 33.2 Å². The van der Waals surface area contributed by atoms with Crippen LogP contribution < -0.4 is 14.9 Å². The second kappa shape index (κ2) is 9.95. The average molecular weight is 452 g/mol. The maximum absolute atomic E-state index is 12.7. The predicted molar refractivity (Wildman–Crippen MR) is 121 cm³/mol. The van der Waals surface area contributed by atoms with Crippen LogP contribution in [-0.2, 0) is 14.8 Å². The molecular formula is C21H26ClN3O4S. The maximum atomic E-state index is 12.7. The van der Waals surface area contributed by atoms with Gasteiger partial charge >= 0.3 is 0 Å². The predicted octanol–water partition coefficient (Wildman–Crippen LogP) is 3.58. The molecule has 2 aromatic carbocycles. The van der Waals surface area contributed by atoms with Gasteiger partial charge in [-0.3, -0.25) is 13.9 Å². The molecular weight excluding hydrogens is 426 g/mol. The van der Waals surface area contributed by atoms with Crippen LogP contribution in [0, 0.1) is 6.92 Å². The molecule has 0 spiro atoms. The molecule has 0 aliphatic rings. The Labute approximate surface area is 182 Å². The highest BCUT2D eigenvalue weighted by molar-refractivity contribution is 7.92. The second-order valence-corrected chi connectivity index (χ2v) is 9.34. The molecule has 0 fully saturated rings. The zero-order chi connectivity index (χ0) is 22.5. The smallest absolute Gasteiger partial charge is 0.253 e. The molecule has 2 rings (SSSR count). The summed E-state index contributed by atoms with van der Waals surface area (Å²) in [6.45, 7) is 5.07. The van der Waals surface area contributed by atoms with Gasteiger partial charge in [-0.15, -0.1) is 0 Å². The molecule has 7 nitrogen and oxygen atoms in total. The van der Waals surface area contributed by atoms with Crippen molar-refractivity contribution in [1.82, 2.24) is 5.32 Å². The molecule has 162 valence electrons. The van der Waals surface area contributed by atoms with Crippen molar-refractivity contribution in [3.63, 3.8) is 0 Å². The first-order valence-corrected chi connectivity index (χ1v) is 11.7. The zero-order valence-electron chi connectivity index (χ0n) is 17.4. The number of carbonyl (C=O) groups excluding carboxylic acids is 2. The number of benzene rings is 2. The summed E-state index contributed by atoms with van der Waals surface area (Å²) < 4.78 is 25.7. The third-order valence-corrected chi connectivity index (χ3v) is 6.17. The van der Waals surface area contributed by atoms with Crippen molar-refractivity contribution >= 4 is 44.8 Å². The highest BCUT2D eigenvalue weighted by Gasteiger charge is 2.24. The van der Waals surface area contributed by atoms with Crippen molar-refractivity contribution in [3.05, 3.63) is 58.6 Å². The lowest BCUT2D eigenvalue weighted by molar-refractivity contribution is -0.114. The first-order chi connectivity index (χ1) is 14.0. The second-order valence-electron chi connectivity index (χ2n) is 7.03. The number of nitrogens with zero attached hydrogens (tertiary/aromatic N) is 1. The van der Waals surface area contributed by atoms with Gasteiger partial charge in [-0.1, -0.05) is 36.7 Å². The number of sulfonamides is 1. The Bertz CT molecular complexity index is 1040. The van der Waals surface area contributed by atoms with Gasteiger partial charge < -0.3 is 10.6 Å². The Morgan fingerprint density at radius 3 is 2.43 bits per heavy atom. The average Bonchev–Trinajstić information content (AvgIpc) is 2.68. The molecule has 2 amide bonds. The third kappa shape index (κ3) is 5.96. The molecule has 2 aromatic rings. The van der Waals surface area contributed by atoms with Gasteiger partial charge in [0.25, 0.3) is 5.91 Å². The lowest BCUT2D eigenvalue weighted by Gasteiger charge is -2.24. The molecule has 30 heavy (non-hydrogen) atoms. The molecule has 0 aliphatic carbocycles. The zero-order valence-corrected chi connectivity index (χ0v) is 19.0. The highest BCUT2D eigenvalue weighted by Crippen LogP contribution is 2.28. The first kappa shape index (κ1) is 23.7. The summed E-state index contributed by atoms with van der Waals surface area (Å²) in [7, 11) is -3.76. The summed E-state index contributed by atoms with van der Waals surface area (Å²) in [4.78, 5) is 25.2. The summed E-state index contributed by atoms with van der Waals surface area (Å²) in [6, 6.07) is 11.4. The number of hydrogen-bond donors (Lipinski definition) is 2. The van der Waals surface area contributed by atoms with Gasteiger partial charge in [0.1, 0.15) is 6.54 Å². The third-order valence-electron chi connectivity index (χ3n) is 4.63. The van der Waals surface area contributed by atoms with E-state index in [1.165, 1.54) is 0 Å². The van der Waals surface area contributed by atoms with E-state index < -0.39 is 22.5 Å². The normalized spacial score (nSPS) is 12.2. The van der Waals surface area contributed by atoms with E-state index in [9.17, 15) is 18.0 Å². The van der Waals surface area contributed by atoms with E-state index in [0.717, 1.165) is 17.0 Å². The molecule has 0 radical (unpaired) electrons. The quantitative estimate of drug-likeness (QED) is 0.641. The standard InChI is InChI=1S/C21H26ClN3O4S/c1-5-14(2)23-21(27)16-9-6-7-11-18(16)24-20(26)13-25(30(4,28)29)19-12-8-10-17(22)15(19)3/h6-12,14H,5,13H2,1-4H3,(H,23,27)(H,24,26)/t14-/m1/s1. The lowest BCUT2D eigenvalue weighted by Crippen LogP contribution is -2.38. The van der Waals surface area contributed by atoms with Crippen molar-refractivity contribution < 1.29 is 18.0 Å². The minimum Gasteiger partial charge on any atom is -0.350 e. The van der Waals surface area contributed by atoms with Gasteiger partial charge in [-0.05, 0) is 50.1 Å². The molecule has 0 aromatic heterocycles. The number of rotatable bonds is 8. The first-order valence-electron chi connectivity index (χ1n) is 9.47. The summed E-state index contributed by atoms with van der Waals surface area (Å²) in [5, 5.41) is 5.90. The molecule has 1 atom stereocenters. The van der Waals surface area contributed by atoms with E-state index in [4.69, 9.17) is 11.6 Å². The van der Waals surface area contributed by atoms with Crippen LogP contribution in [0.1, 0.15) is 36.2 Å². The topological polar surface area (TPSA) is 95.6 Å². The van der Waals surface area contributed by atoms with Crippen LogP contribution in [-0.4, -0.2) is 39.1 Å². The van der Waals surface area contributed by atoms with Crippen LogP contribution in [0.25, 0.3) is 0 Å². The van der Waals surface area contributed by atoms with Gasteiger partial charge in [0.2, 0.25) is 15.9 Å². The van der Waals surface area contributed by atoms with E-state index in [1.54, 1.807) is 49.4 Å². The Morgan fingerprint density at radius 2 is 1.80 bits per heavy atom. The van der Waals surface area contributed by atoms with Gasteiger partial charge in [0, 0.05) is 11.1 Å². The number of anilines is 2. The number of hydrogen-bond acceptors (Lipinski definition) is 4. The Hall–Kier alpha value is -2.58. The Morgan fingerprint density at radius 1 is 1.13 bits per heavy atom. The molecule has 0 aliphatic heterocycles. The van der Waals surface area contributed by atoms with Gasteiger partial charge in [0.15, 0.2) is 0 Å². The number of halogens is 1. The minimum atomic E-state index is -3.76. The Balaban J connectivity index is 2.27. The molecule has 0 saturated heterocycles. The molecule has 0 unspecified atom stereocenters. The van der Waals surface area contributed by atoms with Crippen molar-refractivity contribution in [2.24, 2.45) is 0 Å². The Kier molecular flexibility index (Phi) is 7.86. The van der Waals surface area contributed by atoms with Gasteiger partial charge in [-0.25, -0.2) is 8.42 Å². The fourth-order valence-electron chi connectivity index (χ4n) is 2.76. The summed E-state index contributed by atoms with van der Waals surface area (Å²) in [5.74, 6) is -0.894. The van der Waals surface area contributed by atoms with Crippen LogP contribution in [0.15, 0.2) is 42.5 Å². The number of amides is 2. The van der Waals surface area contributed by atoms with Crippen molar-refractivity contribution in [1.29, 1.82) is 0 Å².